The first-order valence-electron chi connectivity index (χ1n) is 10.5. The van der Waals surface area contributed by atoms with Crippen LogP contribution in [0.5, 0.6) is 0 Å². The van der Waals surface area contributed by atoms with Crippen LogP contribution in [0.25, 0.3) is 12.2 Å². The highest BCUT2D eigenvalue weighted by Gasteiger charge is 2.05. The Labute approximate surface area is 170 Å². The van der Waals surface area contributed by atoms with Gasteiger partial charge in [0.15, 0.2) is 0 Å². The first-order chi connectivity index (χ1) is 13.8. The highest BCUT2D eigenvalue weighted by atomic mass is 14.9. The van der Waals surface area contributed by atoms with E-state index >= 15 is 0 Å². The summed E-state index contributed by atoms with van der Waals surface area (Å²) >= 11 is 0. The van der Waals surface area contributed by atoms with Crippen LogP contribution in [0.4, 0.5) is 0 Å². The molecule has 0 aliphatic carbocycles. The molecule has 6 N–H and O–H groups in total. The maximum Gasteiger partial charge on any atom is 0.0307 e. The molecular formula is C24H36N4. The van der Waals surface area contributed by atoms with Crippen LogP contribution < -0.4 is 22.1 Å². The molecular weight excluding hydrogens is 344 g/mol. The summed E-state index contributed by atoms with van der Waals surface area (Å²) in [5.74, 6) is 0. The maximum absolute atomic E-state index is 6.34. The van der Waals surface area contributed by atoms with Crippen molar-refractivity contribution >= 4 is 12.2 Å². The van der Waals surface area contributed by atoms with E-state index < -0.39 is 0 Å². The van der Waals surface area contributed by atoms with Crippen molar-refractivity contribution < 1.29 is 0 Å². The van der Waals surface area contributed by atoms with Crippen molar-refractivity contribution in [2.24, 2.45) is 11.5 Å². The normalized spacial score (nSPS) is 12.5. The molecule has 0 fully saturated rings. The molecule has 0 aromatic heterocycles. The molecule has 0 bridgehead atoms. The van der Waals surface area contributed by atoms with Gasteiger partial charge in [0.1, 0.15) is 0 Å². The third-order valence-electron chi connectivity index (χ3n) is 4.78. The average Bonchev–Trinajstić information content (AvgIpc) is 2.74. The van der Waals surface area contributed by atoms with Crippen LogP contribution in [0, 0.1) is 0 Å². The monoisotopic (exact) mass is 380 g/mol. The van der Waals surface area contributed by atoms with E-state index in [0.717, 1.165) is 45.6 Å². The number of hydrogen-bond acceptors (Lipinski definition) is 4. The van der Waals surface area contributed by atoms with Gasteiger partial charge in [0, 0.05) is 6.04 Å². The number of hydrogen-bond donors (Lipinski definition) is 4. The van der Waals surface area contributed by atoms with Crippen LogP contribution in [0.1, 0.15) is 48.4 Å². The first-order valence-corrected chi connectivity index (χ1v) is 10.5. The van der Waals surface area contributed by atoms with Gasteiger partial charge in [-0.15, -0.1) is 0 Å². The maximum atomic E-state index is 6.34. The summed E-state index contributed by atoms with van der Waals surface area (Å²) in [6.07, 6.45) is 8.66. The molecule has 0 radical (unpaired) electrons. The molecule has 2 rings (SSSR count). The molecule has 0 aliphatic rings. The highest BCUT2D eigenvalue weighted by Crippen LogP contribution is 2.16. The minimum atomic E-state index is 0.0811. The zero-order valence-electron chi connectivity index (χ0n) is 16.9. The van der Waals surface area contributed by atoms with E-state index in [4.69, 9.17) is 11.5 Å². The Balaban J connectivity index is 1.59. The lowest BCUT2D eigenvalue weighted by atomic mass is 10.0. The number of rotatable bonds is 14. The summed E-state index contributed by atoms with van der Waals surface area (Å²) < 4.78 is 0. The second-order valence-corrected chi connectivity index (χ2v) is 7.16. The third-order valence-corrected chi connectivity index (χ3v) is 4.78. The van der Waals surface area contributed by atoms with Crippen molar-refractivity contribution in [1.82, 2.24) is 10.6 Å². The molecule has 28 heavy (non-hydrogen) atoms. The Hall–Kier alpha value is -1.98. The third kappa shape index (κ3) is 9.29. The minimum absolute atomic E-state index is 0.0811. The average molecular weight is 381 g/mol. The molecule has 2 aromatic carbocycles. The summed E-state index contributed by atoms with van der Waals surface area (Å²) in [6, 6.07) is 19.0. The van der Waals surface area contributed by atoms with Gasteiger partial charge in [-0.2, -0.15) is 0 Å². The predicted octanol–water partition coefficient (Wildman–Crippen LogP) is 3.56. The fourth-order valence-electron chi connectivity index (χ4n) is 3.01. The van der Waals surface area contributed by atoms with E-state index in [9.17, 15) is 0 Å². The lowest BCUT2D eigenvalue weighted by Gasteiger charge is -2.13. The van der Waals surface area contributed by atoms with E-state index in [1.54, 1.807) is 0 Å². The van der Waals surface area contributed by atoms with Crippen LogP contribution >= 0.6 is 0 Å². The molecule has 1 atom stereocenters. The van der Waals surface area contributed by atoms with Crippen LogP contribution in [0.15, 0.2) is 54.6 Å². The summed E-state index contributed by atoms with van der Waals surface area (Å²) in [7, 11) is 0. The molecule has 0 amide bonds. The van der Waals surface area contributed by atoms with Crippen molar-refractivity contribution in [3.63, 3.8) is 0 Å². The molecule has 4 heteroatoms. The van der Waals surface area contributed by atoms with Crippen molar-refractivity contribution in [2.75, 3.05) is 32.7 Å². The minimum Gasteiger partial charge on any atom is -0.330 e. The standard InChI is InChI=1S/C24H36N4/c25-16-6-19-27-17-4-5-18-28-20-15-24(26)23-13-11-22(12-14-23)10-9-21-7-2-1-3-8-21/h1-3,7-14,24,27-28H,4-6,15-20,25-26H2/b10-9-. The van der Waals surface area contributed by atoms with Crippen LogP contribution in [0.2, 0.25) is 0 Å². The fourth-order valence-corrected chi connectivity index (χ4v) is 3.01. The van der Waals surface area contributed by atoms with Gasteiger partial charge >= 0.3 is 0 Å². The van der Waals surface area contributed by atoms with Gasteiger partial charge in [-0.05, 0) is 75.1 Å². The Bertz CT molecular complexity index is 652. The summed E-state index contributed by atoms with van der Waals surface area (Å²) in [4.78, 5) is 0. The van der Waals surface area contributed by atoms with Gasteiger partial charge in [-0.1, -0.05) is 66.7 Å². The lowest BCUT2D eigenvalue weighted by Crippen LogP contribution is -2.23. The van der Waals surface area contributed by atoms with E-state index in [0.29, 0.717) is 0 Å². The molecule has 4 nitrogen and oxygen atoms in total. The zero-order chi connectivity index (χ0) is 19.9. The van der Waals surface area contributed by atoms with E-state index in [1.807, 2.05) is 6.07 Å². The summed E-state index contributed by atoms with van der Waals surface area (Å²) in [6.45, 7) is 4.87. The Morgan fingerprint density at radius 1 is 0.714 bits per heavy atom. The second-order valence-electron chi connectivity index (χ2n) is 7.16. The van der Waals surface area contributed by atoms with Crippen LogP contribution in [0.3, 0.4) is 0 Å². The van der Waals surface area contributed by atoms with Gasteiger partial charge in [0.05, 0.1) is 0 Å². The van der Waals surface area contributed by atoms with E-state index in [-0.39, 0.29) is 6.04 Å². The second kappa shape index (κ2) is 14.1. The van der Waals surface area contributed by atoms with Crippen LogP contribution in [-0.4, -0.2) is 32.7 Å². The van der Waals surface area contributed by atoms with Crippen molar-refractivity contribution in [2.45, 2.75) is 31.7 Å². The molecule has 0 aliphatic heterocycles. The summed E-state index contributed by atoms with van der Waals surface area (Å²) in [5.41, 5.74) is 15.4. The molecule has 0 saturated heterocycles. The highest BCUT2D eigenvalue weighted by molar-refractivity contribution is 5.69. The number of nitrogens with two attached hydrogens (primary N) is 2. The molecule has 2 aromatic rings. The van der Waals surface area contributed by atoms with Crippen molar-refractivity contribution in [3.05, 3.63) is 71.3 Å². The Morgan fingerprint density at radius 3 is 1.93 bits per heavy atom. The molecule has 152 valence electrons. The van der Waals surface area contributed by atoms with E-state index in [1.165, 1.54) is 29.5 Å². The quantitative estimate of drug-likeness (QED) is 0.299. The Kier molecular flexibility index (Phi) is 11.2. The predicted molar refractivity (Wildman–Crippen MR) is 122 cm³/mol. The van der Waals surface area contributed by atoms with Gasteiger partial charge in [0.25, 0.3) is 0 Å². The van der Waals surface area contributed by atoms with E-state index in [2.05, 4.69) is 71.3 Å². The molecule has 0 spiro atoms. The van der Waals surface area contributed by atoms with Gasteiger partial charge in [0.2, 0.25) is 0 Å². The summed E-state index contributed by atoms with van der Waals surface area (Å²) in [5, 5.41) is 6.91. The van der Waals surface area contributed by atoms with Crippen molar-refractivity contribution in [3.8, 4) is 0 Å². The van der Waals surface area contributed by atoms with Crippen LogP contribution in [-0.2, 0) is 0 Å². The Morgan fingerprint density at radius 2 is 1.29 bits per heavy atom. The molecule has 0 saturated carbocycles. The SMILES string of the molecule is NCCCNCCCCNCCC(N)c1ccc(/C=C\c2ccccc2)cc1. The van der Waals surface area contributed by atoms with Gasteiger partial charge < -0.3 is 22.1 Å². The van der Waals surface area contributed by atoms with Gasteiger partial charge in [-0.3, -0.25) is 0 Å². The fraction of sp³-hybridized carbons (Fsp3) is 0.417. The smallest absolute Gasteiger partial charge is 0.0307 e. The van der Waals surface area contributed by atoms with Gasteiger partial charge in [-0.25, -0.2) is 0 Å². The number of benzene rings is 2. The number of nitrogens with one attached hydrogen (secondary N) is 2. The lowest BCUT2D eigenvalue weighted by molar-refractivity contribution is 0.546. The largest absolute Gasteiger partial charge is 0.330 e. The molecule has 0 heterocycles. The topological polar surface area (TPSA) is 76.1 Å². The number of unbranched alkanes of at least 4 members (excludes halogenated alkanes) is 1. The zero-order valence-corrected chi connectivity index (χ0v) is 16.9. The van der Waals surface area contributed by atoms with Crippen molar-refractivity contribution in [1.29, 1.82) is 0 Å². The first kappa shape index (κ1) is 22.3. The molecule has 1 unspecified atom stereocenters.